The lowest BCUT2D eigenvalue weighted by Gasteiger charge is -2.19. The van der Waals surface area contributed by atoms with Gasteiger partial charge in [-0.05, 0) is 36.8 Å². The van der Waals surface area contributed by atoms with Gasteiger partial charge < -0.3 is 4.74 Å². The van der Waals surface area contributed by atoms with Crippen LogP contribution in [-0.4, -0.2) is 22.7 Å². The molecule has 0 amide bonds. The van der Waals surface area contributed by atoms with E-state index in [2.05, 4.69) is 4.74 Å². The van der Waals surface area contributed by atoms with Gasteiger partial charge in [0.25, 0.3) is 0 Å². The van der Waals surface area contributed by atoms with Gasteiger partial charge in [-0.15, -0.1) is 0 Å². The molecule has 0 bridgehead atoms. The van der Waals surface area contributed by atoms with Crippen LogP contribution >= 0.6 is 0 Å². The molecule has 1 unspecified atom stereocenters. The second-order valence-corrected chi connectivity index (χ2v) is 7.32. The van der Waals surface area contributed by atoms with Crippen molar-refractivity contribution < 1.29 is 48.5 Å². The molecule has 0 saturated heterocycles. The summed E-state index contributed by atoms with van der Waals surface area (Å²) in [5.41, 5.74) is -1.44. The Morgan fingerprint density at radius 2 is 1.45 bits per heavy atom. The third-order valence-electron chi connectivity index (χ3n) is 3.58. The molecule has 0 aliphatic heterocycles. The Labute approximate surface area is 160 Å². The molecule has 0 spiro atoms. The van der Waals surface area contributed by atoms with Crippen molar-refractivity contribution in [1.82, 2.24) is 0 Å². The molecule has 2 aromatic rings. The van der Waals surface area contributed by atoms with Gasteiger partial charge in [-0.2, -0.15) is 22.0 Å². The maximum Gasteiger partial charge on any atom is 0.400 e. The molecular weight excluding hydrogens is 439 g/mol. The van der Waals surface area contributed by atoms with E-state index in [-0.39, 0.29) is 17.7 Å². The largest absolute Gasteiger partial charge is 0.484 e. The van der Waals surface area contributed by atoms with E-state index in [9.17, 15) is 43.7 Å². The molecule has 160 valence electrons. The van der Waals surface area contributed by atoms with Crippen LogP contribution in [0.4, 0.5) is 39.5 Å². The number of benzene rings is 2. The van der Waals surface area contributed by atoms with Crippen molar-refractivity contribution in [2.75, 3.05) is 12.4 Å². The lowest BCUT2D eigenvalue weighted by molar-refractivity contribution is -0.105. The highest BCUT2D eigenvalue weighted by Crippen LogP contribution is 2.33. The Balaban J connectivity index is 2.28. The van der Waals surface area contributed by atoms with E-state index in [0.717, 1.165) is 6.92 Å². The van der Waals surface area contributed by atoms with Gasteiger partial charge in [0.05, 0.1) is 10.8 Å². The average Bonchev–Trinajstić information content (AvgIpc) is 2.56. The fourth-order valence-electron chi connectivity index (χ4n) is 2.23. The Bertz CT molecular complexity index is 918. The Kier molecular flexibility index (Phi) is 6.55. The SMILES string of the molecule is Cc1cc(F)c(OCC(F)(F)c2cc(F)c(F)c(F)c2)cc1S(=O)CC(F)(F)F. The molecule has 29 heavy (non-hydrogen) atoms. The fraction of sp³-hybridized carbons (Fsp3) is 0.294. The van der Waals surface area contributed by atoms with Crippen molar-refractivity contribution in [3.63, 3.8) is 0 Å². The minimum absolute atomic E-state index is 0.0249. The number of alkyl halides is 5. The first kappa shape index (κ1) is 23.0. The maximum atomic E-state index is 14.1. The lowest BCUT2D eigenvalue weighted by atomic mass is 10.1. The van der Waals surface area contributed by atoms with Crippen molar-refractivity contribution in [2.45, 2.75) is 23.9 Å². The topological polar surface area (TPSA) is 26.3 Å². The molecule has 0 saturated carbocycles. The average molecular weight is 450 g/mol. The van der Waals surface area contributed by atoms with Gasteiger partial charge in [-0.25, -0.2) is 17.6 Å². The summed E-state index contributed by atoms with van der Waals surface area (Å²) in [6.45, 7) is -0.516. The molecule has 0 heterocycles. The number of aryl methyl sites for hydroxylation is 1. The standard InChI is InChI=1S/C17H11F9O2S/c1-8-2-10(18)13(5-14(8)29(27)7-17(24,25)26)28-6-16(22,23)9-3-11(19)15(21)12(20)4-9/h2-5H,6-7H2,1H3. The van der Waals surface area contributed by atoms with Crippen LogP contribution in [0, 0.1) is 30.2 Å². The second kappa shape index (κ2) is 8.25. The van der Waals surface area contributed by atoms with Gasteiger partial charge >= 0.3 is 12.1 Å². The molecule has 2 aromatic carbocycles. The van der Waals surface area contributed by atoms with Gasteiger partial charge in [0.1, 0.15) is 5.75 Å². The maximum absolute atomic E-state index is 14.1. The van der Waals surface area contributed by atoms with Crippen molar-refractivity contribution >= 4 is 10.8 Å². The van der Waals surface area contributed by atoms with E-state index in [1.54, 1.807) is 0 Å². The summed E-state index contributed by atoms with van der Waals surface area (Å²) in [5, 5.41) is 0. The monoisotopic (exact) mass is 450 g/mol. The molecule has 2 rings (SSSR count). The zero-order chi connectivity index (χ0) is 22.1. The first-order valence-corrected chi connectivity index (χ1v) is 8.94. The van der Waals surface area contributed by atoms with E-state index in [4.69, 9.17) is 0 Å². The van der Waals surface area contributed by atoms with E-state index in [0.29, 0.717) is 12.1 Å². The van der Waals surface area contributed by atoms with Crippen LogP contribution in [0.25, 0.3) is 0 Å². The van der Waals surface area contributed by atoms with Crippen LogP contribution in [0.3, 0.4) is 0 Å². The molecule has 2 nitrogen and oxygen atoms in total. The molecule has 0 radical (unpaired) electrons. The Hall–Kier alpha value is -2.24. The summed E-state index contributed by atoms with van der Waals surface area (Å²) in [6, 6.07) is 1.27. The summed E-state index contributed by atoms with van der Waals surface area (Å²) in [6.07, 6.45) is -4.80. The van der Waals surface area contributed by atoms with Crippen molar-refractivity contribution in [3.05, 3.63) is 58.7 Å². The number of ether oxygens (including phenoxy) is 1. The zero-order valence-corrected chi connectivity index (χ0v) is 15.2. The van der Waals surface area contributed by atoms with Crippen LogP contribution in [0.5, 0.6) is 5.75 Å². The van der Waals surface area contributed by atoms with Gasteiger partial charge in [-0.1, -0.05) is 0 Å². The highest BCUT2D eigenvalue weighted by atomic mass is 32.2. The van der Waals surface area contributed by atoms with Crippen molar-refractivity contribution in [3.8, 4) is 5.75 Å². The smallest absolute Gasteiger partial charge is 0.400 e. The van der Waals surface area contributed by atoms with E-state index < -0.39 is 74.7 Å². The fourth-order valence-corrected chi connectivity index (χ4v) is 3.34. The summed E-state index contributed by atoms with van der Waals surface area (Å²) in [4.78, 5) is -0.485. The minimum atomic E-state index is -4.80. The Morgan fingerprint density at radius 3 is 1.97 bits per heavy atom. The predicted molar refractivity (Wildman–Crippen MR) is 84.2 cm³/mol. The third kappa shape index (κ3) is 5.64. The molecule has 0 aliphatic rings. The summed E-state index contributed by atoms with van der Waals surface area (Å²) < 4.78 is 135. The highest BCUT2D eigenvalue weighted by molar-refractivity contribution is 7.85. The first-order valence-electron chi connectivity index (χ1n) is 7.62. The van der Waals surface area contributed by atoms with Gasteiger partial charge in [0.2, 0.25) is 0 Å². The van der Waals surface area contributed by atoms with Crippen LogP contribution in [0.1, 0.15) is 11.1 Å². The minimum Gasteiger partial charge on any atom is -0.484 e. The molecule has 0 aliphatic carbocycles. The lowest BCUT2D eigenvalue weighted by Crippen LogP contribution is -2.24. The number of hydrogen-bond acceptors (Lipinski definition) is 2. The highest BCUT2D eigenvalue weighted by Gasteiger charge is 2.36. The van der Waals surface area contributed by atoms with E-state index in [1.165, 1.54) is 0 Å². The summed E-state index contributed by atoms with van der Waals surface area (Å²) >= 11 is 0. The predicted octanol–water partition coefficient (Wildman–Crippen LogP) is 5.39. The van der Waals surface area contributed by atoms with E-state index in [1.807, 2.05) is 0 Å². The third-order valence-corrected chi connectivity index (χ3v) is 5.10. The van der Waals surface area contributed by atoms with Crippen LogP contribution < -0.4 is 4.74 Å². The summed E-state index contributed by atoms with van der Waals surface area (Å²) in [7, 11) is -2.65. The molecule has 12 heteroatoms. The number of rotatable bonds is 6. The van der Waals surface area contributed by atoms with Crippen molar-refractivity contribution in [1.29, 1.82) is 0 Å². The van der Waals surface area contributed by atoms with Crippen molar-refractivity contribution in [2.24, 2.45) is 0 Å². The number of halogens is 9. The van der Waals surface area contributed by atoms with Gasteiger partial charge in [0, 0.05) is 10.5 Å². The normalized spacial score (nSPS) is 13.4. The molecule has 0 N–H and O–H groups in total. The first-order chi connectivity index (χ1) is 13.2. The van der Waals surface area contributed by atoms with E-state index >= 15 is 0 Å². The molecular formula is C17H11F9O2S. The van der Waals surface area contributed by atoms with Crippen LogP contribution in [0.2, 0.25) is 0 Å². The summed E-state index contributed by atoms with van der Waals surface area (Å²) in [5.74, 6) is -13.8. The quantitative estimate of drug-likeness (QED) is 0.436. The van der Waals surface area contributed by atoms with Gasteiger partial charge in [-0.3, -0.25) is 4.21 Å². The van der Waals surface area contributed by atoms with Crippen LogP contribution in [0.15, 0.2) is 29.2 Å². The molecule has 0 aromatic heterocycles. The van der Waals surface area contributed by atoms with Gasteiger partial charge in [0.15, 0.2) is 35.6 Å². The number of hydrogen-bond donors (Lipinski definition) is 0. The van der Waals surface area contributed by atoms with Crippen LogP contribution in [-0.2, 0) is 16.7 Å². The second-order valence-electron chi connectivity index (χ2n) is 5.90. The molecule has 1 atom stereocenters. The Morgan fingerprint density at radius 1 is 0.897 bits per heavy atom. The molecule has 0 fully saturated rings. The zero-order valence-electron chi connectivity index (χ0n) is 14.4.